The highest BCUT2D eigenvalue weighted by Gasteiger charge is 2.51. The molecule has 0 spiro atoms. The molecule has 0 unspecified atom stereocenters. The summed E-state index contributed by atoms with van der Waals surface area (Å²) in [6, 6.07) is 24.0. The van der Waals surface area contributed by atoms with Gasteiger partial charge in [0.2, 0.25) is 0 Å². The molecular weight excluding hydrogens is 343 g/mol. The van der Waals surface area contributed by atoms with Gasteiger partial charge in [-0.15, -0.1) is 0 Å². The molecular formula is C25H25BO2. The predicted octanol–water partition coefficient (Wildman–Crippen LogP) is 5.22. The molecule has 0 radical (unpaired) electrons. The van der Waals surface area contributed by atoms with Crippen molar-refractivity contribution in [2.45, 2.75) is 45.3 Å². The Morgan fingerprint density at radius 3 is 2.00 bits per heavy atom. The third-order valence-corrected chi connectivity index (χ3v) is 6.57. The maximum absolute atomic E-state index is 6.19. The minimum absolute atomic E-state index is 0.318. The lowest BCUT2D eigenvalue weighted by Crippen LogP contribution is -2.41. The van der Waals surface area contributed by atoms with Gasteiger partial charge in [0.25, 0.3) is 0 Å². The summed E-state index contributed by atoms with van der Waals surface area (Å²) < 4.78 is 12.4. The van der Waals surface area contributed by atoms with Crippen LogP contribution in [0.15, 0.2) is 66.7 Å². The summed E-state index contributed by atoms with van der Waals surface area (Å²) in [5, 5.41) is 0. The molecule has 0 saturated carbocycles. The molecule has 1 fully saturated rings. The molecule has 1 aliphatic carbocycles. The van der Waals surface area contributed by atoms with Crippen LogP contribution >= 0.6 is 0 Å². The summed E-state index contributed by atoms with van der Waals surface area (Å²) in [6.07, 6.45) is 1.02. The summed E-state index contributed by atoms with van der Waals surface area (Å²) in [4.78, 5) is 0. The van der Waals surface area contributed by atoms with E-state index in [9.17, 15) is 0 Å². The van der Waals surface area contributed by atoms with Crippen molar-refractivity contribution in [1.29, 1.82) is 0 Å². The highest BCUT2D eigenvalue weighted by molar-refractivity contribution is 6.62. The molecule has 2 aliphatic rings. The maximum Gasteiger partial charge on any atom is 0.494 e. The Bertz CT molecular complexity index is 1030. The van der Waals surface area contributed by atoms with Crippen molar-refractivity contribution in [1.82, 2.24) is 0 Å². The van der Waals surface area contributed by atoms with Crippen LogP contribution in [-0.2, 0) is 15.7 Å². The van der Waals surface area contributed by atoms with Crippen LogP contribution in [0.5, 0.6) is 0 Å². The van der Waals surface area contributed by atoms with E-state index in [2.05, 4.69) is 94.4 Å². The van der Waals surface area contributed by atoms with Gasteiger partial charge in [-0.3, -0.25) is 0 Å². The van der Waals surface area contributed by atoms with Gasteiger partial charge in [0, 0.05) is 0 Å². The van der Waals surface area contributed by atoms with Gasteiger partial charge < -0.3 is 9.31 Å². The topological polar surface area (TPSA) is 18.5 Å². The summed E-state index contributed by atoms with van der Waals surface area (Å²) in [5.41, 5.74) is 8.52. The number of rotatable bonds is 2. The van der Waals surface area contributed by atoms with Gasteiger partial charge in [-0.25, -0.2) is 0 Å². The second-order valence-corrected chi connectivity index (χ2v) is 8.88. The van der Waals surface area contributed by atoms with Crippen molar-refractivity contribution in [3.8, 4) is 22.3 Å². The molecule has 5 rings (SSSR count). The maximum atomic E-state index is 6.19. The third-order valence-electron chi connectivity index (χ3n) is 6.57. The molecule has 1 saturated heterocycles. The lowest BCUT2D eigenvalue weighted by Gasteiger charge is -2.32. The molecule has 3 aromatic carbocycles. The zero-order valence-electron chi connectivity index (χ0n) is 17.0. The summed E-state index contributed by atoms with van der Waals surface area (Å²) in [7, 11) is -0.318. The number of fused-ring (bicyclic) bond motifs is 3. The number of hydrogen-bond acceptors (Lipinski definition) is 2. The Morgan fingerprint density at radius 2 is 1.29 bits per heavy atom. The van der Waals surface area contributed by atoms with Gasteiger partial charge in [0.1, 0.15) is 0 Å². The zero-order valence-corrected chi connectivity index (χ0v) is 17.0. The van der Waals surface area contributed by atoms with E-state index >= 15 is 0 Å². The van der Waals surface area contributed by atoms with Gasteiger partial charge in [0.05, 0.1) is 11.2 Å². The fourth-order valence-corrected chi connectivity index (χ4v) is 4.23. The second-order valence-electron chi connectivity index (χ2n) is 8.88. The van der Waals surface area contributed by atoms with Crippen LogP contribution < -0.4 is 5.46 Å². The molecule has 1 heterocycles. The van der Waals surface area contributed by atoms with E-state index in [1.54, 1.807) is 0 Å². The van der Waals surface area contributed by atoms with E-state index in [-0.39, 0.29) is 18.3 Å². The van der Waals surface area contributed by atoms with Gasteiger partial charge >= 0.3 is 7.12 Å². The lowest BCUT2D eigenvalue weighted by molar-refractivity contribution is 0.00578. The van der Waals surface area contributed by atoms with E-state index in [4.69, 9.17) is 9.31 Å². The van der Waals surface area contributed by atoms with Crippen molar-refractivity contribution in [3.63, 3.8) is 0 Å². The average molecular weight is 368 g/mol. The van der Waals surface area contributed by atoms with E-state index in [0.717, 1.165) is 11.9 Å². The normalized spacial score (nSPS) is 18.8. The van der Waals surface area contributed by atoms with Crippen LogP contribution in [0.4, 0.5) is 0 Å². The van der Waals surface area contributed by atoms with Crippen molar-refractivity contribution >= 4 is 12.6 Å². The quantitative estimate of drug-likeness (QED) is 0.452. The lowest BCUT2D eigenvalue weighted by atomic mass is 9.78. The van der Waals surface area contributed by atoms with E-state index in [1.165, 1.54) is 33.4 Å². The Hall–Kier alpha value is -2.36. The molecule has 0 aromatic heterocycles. The fourth-order valence-electron chi connectivity index (χ4n) is 4.23. The first-order valence-electron chi connectivity index (χ1n) is 10.0. The van der Waals surface area contributed by atoms with E-state index in [0.29, 0.717) is 0 Å². The largest absolute Gasteiger partial charge is 0.494 e. The SMILES string of the molecule is CC1(C)OB(c2ccc(-c3cccc4c3-c3ccccc3C4)cc2)OC1(C)C. The number of benzene rings is 3. The summed E-state index contributed by atoms with van der Waals surface area (Å²) in [5.74, 6) is 0. The molecule has 1 aliphatic heterocycles. The zero-order chi connectivity index (χ0) is 19.5. The summed E-state index contributed by atoms with van der Waals surface area (Å²) in [6.45, 7) is 8.36. The molecule has 2 nitrogen and oxygen atoms in total. The van der Waals surface area contributed by atoms with Crippen LogP contribution in [0.3, 0.4) is 0 Å². The van der Waals surface area contributed by atoms with Crippen LogP contribution in [0.25, 0.3) is 22.3 Å². The second kappa shape index (κ2) is 6.07. The van der Waals surface area contributed by atoms with Crippen molar-refractivity contribution in [3.05, 3.63) is 77.9 Å². The molecule has 140 valence electrons. The van der Waals surface area contributed by atoms with Gasteiger partial charge in [-0.2, -0.15) is 0 Å². The van der Waals surface area contributed by atoms with Crippen LogP contribution in [0.1, 0.15) is 38.8 Å². The molecule has 3 heteroatoms. The summed E-state index contributed by atoms with van der Waals surface area (Å²) >= 11 is 0. The van der Waals surface area contributed by atoms with Crippen LogP contribution in [0.2, 0.25) is 0 Å². The molecule has 0 bridgehead atoms. The average Bonchev–Trinajstić information content (AvgIpc) is 3.15. The van der Waals surface area contributed by atoms with Crippen LogP contribution in [-0.4, -0.2) is 18.3 Å². The van der Waals surface area contributed by atoms with Gasteiger partial charge in [-0.1, -0.05) is 66.7 Å². The Balaban J connectivity index is 1.50. The molecule has 0 N–H and O–H groups in total. The van der Waals surface area contributed by atoms with E-state index in [1.807, 2.05) is 0 Å². The highest BCUT2D eigenvalue weighted by Crippen LogP contribution is 2.42. The van der Waals surface area contributed by atoms with Crippen molar-refractivity contribution in [2.75, 3.05) is 0 Å². The Labute approximate surface area is 167 Å². The number of hydrogen-bond donors (Lipinski definition) is 0. The fraction of sp³-hybridized carbons (Fsp3) is 0.280. The van der Waals surface area contributed by atoms with E-state index < -0.39 is 0 Å². The monoisotopic (exact) mass is 368 g/mol. The third kappa shape index (κ3) is 2.65. The van der Waals surface area contributed by atoms with Gasteiger partial charge in [0.15, 0.2) is 0 Å². The molecule has 28 heavy (non-hydrogen) atoms. The van der Waals surface area contributed by atoms with Crippen molar-refractivity contribution < 1.29 is 9.31 Å². The Kier molecular flexibility index (Phi) is 3.84. The first kappa shape index (κ1) is 17.7. The molecule has 3 aromatic rings. The van der Waals surface area contributed by atoms with Crippen LogP contribution in [0, 0.1) is 0 Å². The first-order chi connectivity index (χ1) is 13.4. The van der Waals surface area contributed by atoms with Gasteiger partial charge in [-0.05, 0) is 73.0 Å². The molecule has 0 atom stereocenters. The smallest absolute Gasteiger partial charge is 0.399 e. The standard InChI is InChI=1S/C25H25BO2/c1-24(2)25(3,4)28-26(27-24)20-14-12-17(13-15-20)21-11-7-9-19-16-18-8-5-6-10-22(18)23(19)21/h5-15H,16H2,1-4H3. The molecule has 0 amide bonds. The minimum atomic E-state index is -0.319. The minimum Gasteiger partial charge on any atom is -0.399 e. The first-order valence-corrected chi connectivity index (χ1v) is 10.0. The highest BCUT2D eigenvalue weighted by atomic mass is 16.7. The van der Waals surface area contributed by atoms with Crippen molar-refractivity contribution in [2.24, 2.45) is 0 Å². The predicted molar refractivity (Wildman–Crippen MR) is 116 cm³/mol. The Morgan fingerprint density at radius 1 is 0.679 bits per heavy atom.